The first-order valence-electron chi connectivity index (χ1n) is 3.17. The van der Waals surface area contributed by atoms with Crippen LogP contribution in [0.3, 0.4) is 0 Å². The fourth-order valence-electron chi connectivity index (χ4n) is 1.14. The van der Waals surface area contributed by atoms with Crippen LogP contribution in [0.5, 0.6) is 0 Å². The fraction of sp³-hybridized carbons (Fsp3) is 0.714. The Bertz CT molecular complexity index is 86.6. The quantitative estimate of drug-likeness (QED) is 0.378. The fourth-order valence-corrected chi connectivity index (χ4v) is 1.36. The van der Waals surface area contributed by atoms with E-state index in [1.165, 1.54) is 25.7 Å². The van der Waals surface area contributed by atoms with Crippen molar-refractivity contribution in [3.63, 3.8) is 0 Å². The van der Waals surface area contributed by atoms with Crippen molar-refractivity contribution in [1.82, 2.24) is 0 Å². The molecule has 0 aliphatic heterocycles. The molecule has 1 saturated carbocycles. The van der Waals surface area contributed by atoms with Crippen molar-refractivity contribution in [3.05, 3.63) is 11.6 Å². The van der Waals surface area contributed by atoms with E-state index in [-0.39, 0.29) is 0 Å². The summed E-state index contributed by atoms with van der Waals surface area (Å²) in [6.07, 6.45) is 7.50. The second-order valence-corrected chi connectivity index (χ2v) is 2.53. The molecule has 0 unspecified atom stereocenters. The lowest BCUT2D eigenvalue weighted by atomic mass is 10.2. The van der Waals surface area contributed by atoms with Gasteiger partial charge in [0, 0.05) is 5.88 Å². The summed E-state index contributed by atoms with van der Waals surface area (Å²) >= 11 is 5.51. The molecular formula is C7H11Cl. The Morgan fingerprint density at radius 1 is 1.38 bits per heavy atom. The molecule has 0 bridgehead atoms. The van der Waals surface area contributed by atoms with Gasteiger partial charge in [-0.05, 0) is 25.7 Å². The molecule has 8 heavy (non-hydrogen) atoms. The monoisotopic (exact) mass is 130 g/mol. The molecule has 0 aromatic rings. The molecule has 1 aliphatic rings. The van der Waals surface area contributed by atoms with Gasteiger partial charge in [-0.15, -0.1) is 11.6 Å². The van der Waals surface area contributed by atoms with Gasteiger partial charge in [-0.25, -0.2) is 0 Å². The van der Waals surface area contributed by atoms with Gasteiger partial charge in [0.2, 0.25) is 0 Å². The van der Waals surface area contributed by atoms with Crippen molar-refractivity contribution < 1.29 is 0 Å². The van der Waals surface area contributed by atoms with Gasteiger partial charge in [0.15, 0.2) is 0 Å². The Balaban J connectivity index is 2.33. The predicted molar refractivity (Wildman–Crippen MR) is 37.3 cm³/mol. The number of hydrogen-bond donors (Lipinski definition) is 0. The molecule has 46 valence electrons. The Morgan fingerprint density at radius 2 is 2.00 bits per heavy atom. The van der Waals surface area contributed by atoms with Gasteiger partial charge >= 0.3 is 0 Å². The summed E-state index contributed by atoms with van der Waals surface area (Å²) in [4.78, 5) is 0. The molecule has 1 rings (SSSR count). The minimum Gasteiger partial charge on any atom is -0.122 e. The van der Waals surface area contributed by atoms with Crippen molar-refractivity contribution in [2.24, 2.45) is 0 Å². The molecule has 0 aromatic heterocycles. The normalized spacial score (nSPS) is 19.4. The van der Waals surface area contributed by atoms with E-state index >= 15 is 0 Å². The highest BCUT2D eigenvalue weighted by molar-refractivity contribution is 6.18. The molecule has 0 aromatic carbocycles. The van der Waals surface area contributed by atoms with Crippen LogP contribution in [-0.2, 0) is 0 Å². The van der Waals surface area contributed by atoms with Crippen LogP contribution in [-0.4, -0.2) is 5.88 Å². The van der Waals surface area contributed by atoms with Crippen molar-refractivity contribution in [2.45, 2.75) is 25.7 Å². The summed E-state index contributed by atoms with van der Waals surface area (Å²) in [6.45, 7) is 0. The zero-order chi connectivity index (χ0) is 5.82. The number of alkyl halides is 1. The molecule has 1 aliphatic carbocycles. The van der Waals surface area contributed by atoms with Gasteiger partial charge in [0.1, 0.15) is 0 Å². The number of hydrogen-bond acceptors (Lipinski definition) is 0. The maximum Gasteiger partial charge on any atom is 0.0406 e. The van der Waals surface area contributed by atoms with E-state index in [9.17, 15) is 0 Å². The highest BCUT2D eigenvalue weighted by Gasteiger charge is 2.03. The second kappa shape index (κ2) is 3.13. The summed E-state index contributed by atoms with van der Waals surface area (Å²) in [5, 5.41) is 0. The average Bonchev–Trinajstić information content (AvgIpc) is 2.19. The molecule has 0 saturated heterocycles. The third kappa shape index (κ3) is 1.52. The van der Waals surface area contributed by atoms with Crippen LogP contribution in [0.15, 0.2) is 11.6 Å². The van der Waals surface area contributed by atoms with Crippen LogP contribution in [0.1, 0.15) is 25.7 Å². The smallest absolute Gasteiger partial charge is 0.0406 e. The third-order valence-electron chi connectivity index (χ3n) is 1.61. The zero-order valence-corrected chi connectivity index (χ0v) is 5.75. The summed E-state index contributed by atoms with van der Waals surface area (Å²) in [6, 6.07) is 0. The van der Waals surface area contributed by atoms with E-state index in [1.54, 1.807) is 5.57 Å². The van der Waals surface area contributed by atoms with Gasteiger partial charge in [-0.3, -0.25) is 0 Å². The van der Waals surface area contributed by atoms with E-state index in [0.29, 0.717) is 5.88 Å². The Morgan fingerprint density at radius 3 is 2.50 bits per heavy atom. The molecule has 0 nitrogen and oxygen atoms in total. The van der Waals surface area contributed by atoms with Crippen molar-refractivity contribution >= 4 is 11.6 Å². The van der Waals surface area contributed by atoms with E-state index in [1.807, 2.05) is 0 Å². The summed E-state index contributed by atoms with van der Waals surface area (Å²) in [5.41, 5.74) is 1.57. The molecule has 0 radical (unpaired) electrons. The summed E-state index contributed by atoms with van der Waals surface area (Å²) in [7, 11) is 0. The SMILES string of the molecule is ClCC=C1CCCC1. The first kappa shape index (κ1) is 6.15. The Hall–Kier alpha value is 0.0300. The van der Waals surface area contributed by atoms with Crippen LogP contribution < -0.4 is 0 Å². The third-order valence-corrected chi connectivity index (χ3v) is 1.77. The standard InChI is InChI=1S/C7H11Cl/c8-6-5-7-3-1-2-4-7/h5H,1-4,6H2. The summed E-state index contributed by atoms with van der Waals surface area (Å²) < 4.78 is 0. The maximum atomic E-state index is 5.51. The van der Waals surface area contributed by atoms with Gasteiger partial charge in [-0.2, -0.15) is 0 Å². The molecule has 0 heterocycles. The van der Waals surface area contributed by atoms with Crippen LogP contribution in [0.4, 0.5) is 0 Å². The summed E-state index contributed by atoms with van der Waals surface area (Å²) in [5.74, 6) is 0.704. The minimum absolute atomic E-state index is 0.704. The average molecular weight is 131 g/mol. The Labute approximate surface area is 55.5 Å². The second-order valence-electron chi connectivity index (χ2n) is 2.22. The molecule has 0 N–H and O–H groups in total. The van der Waals surface area contributed by atoms with E-state index in [2.05, 4.69) is 6.08 Å². The molecule has 1 fully saturated rings. The van der Waals surface area contributed by atoms with Crippen LogP contribution in [0.25, 0.3) is 0 Å². The van der Waals surface area contributed by atoms with E-state index in [0.717, 1.165) is 0 Å². The predicted octanol–water partition coefficient (Wildman–Crippen LogP) is 2.73. The zero-order valence-electron chi connectivity index (χ0n) is 4.99. The molecule has 0 spiro atoms. The first-order valence-corrected chi connectivity index (χ1v) is 3.71. The van der Waals surface area contributed by atoms with Gasteiger partial charge < -0.3 is 0 Å². The lowest BCUT2D eigenvalue weighted by Crippen LogP contribution is -1.71. The van der Waals surface area contributed by atoms with Gasteiger partial charge in [-0.1, -0.05) is 11.6 Å². The number of rotatable bonds is 1. The maximum absolute atomic E-state index is 5.51. The topological polar surface area (TPSA) is 0 Å². The van der Waals surface area contributed by atoms with Crippen molar-refractivity contribution in [2.75, 3.05) is 5.88 Å². The minimum atomic E-state index is 0.704. The Kier molecular flexibility index (Phi) is 2.41. The molecule has 0 amide bonds. The number of allylic oxidation sites excluding steroid dienone is 2. The van der Waals surface area contributed by atoms with Gasteiger partial charge in [0.05, 0.1) is 0 Å². The van der Waals surface area contributed by atoms with Crippen LogP contribution in [0.2, 0.25) is 0 Å². The highest BCUT2D eigenvalue weighted by Crippen LogP contribution is 2.23. The van der Waals surface area contributed by atoms with Gasteiger partial charge in [0.25, 0.3) is 0 Å². The van der Waals surface area contributed by atoms with Crippen LogP contribution in [0, 0.1) is 0 Å². The van der Waals surface area contributed by atoms with Crippen molar-refractivity contribution in [1.29, 1.82) is 0 Å². The lowest BCUT2D eigenvalue weighted by molar-refractivity contribution is 0.886. The van der Waals surface area contributed by atoms with E-state index < -0.39 is 0 Å². The van der Waals surface area contributed by atoms with Crippen molar-refractivity contribution in [3.8, 4) is 0 Å². The van der Waals surface area contributed by atoms with E-state index in [4.69, 9.17) is 11.6 Å². The first-order chi connectivity index (χ1) is 3.93. The number of halogens is 1. The molecule has 0 atom stereocenters. The largest absolute Gasteiger partial charge is 0.122 e. The van der Waals surface area contributed by atoms with Crippen LogP contribution >= 0.6 is 11.6 Å². The lowest BCUT2D eigenvalue weighted by Gasteiger charge is -1.88. The highest BCUT2D eigenvalue weighted by atomic mass is 35.5. The molecule has 1 heteroatoms. The molecular weight excluding hydrogens is 120 g/mol.